The molecule has 0 amide bonds. The molecule has 0 aliphatic carbocycles. The van der Waals surface area contributed by atoms with Crippen molar-refractivity contribution in [1.29, 1.82) is 0 Å². The van der Waals surface area contributed by atoms with Crippen LogP contribution in [0.1, 0.15) is 15.9 Å². The number of hydrogen-bond donors (Lipinski definition) is 1. The SMILES string of the molecule is COc1ccc2cc(S(N)(=O)=O)ccc2c1C(=O)c1ccc(F)cc1. The number of methoxy groups -OCH3 is 1. The van der Waals surface area contributed by atoms with Crippen molar-refractivity contribution in [1.82, 2.24) is 0 Å². The summed E-state index contributed by atoms with van der Waals surface area (Å²) in [5, 5.41) is 6.19. The summed E-state index contributed by atoms with van der Waals surface area (Å²) >= 11 is 0. The largest absolute Gasteiger partial charge is 0.496 e. The third-order valence-corrected chi connectivity index (χ3v) is 4.75. The number of ketones is 1. The third-order valence-electron chi connectivity index (χ3n) is 3.83. The van der Waals surface area contributed by atoms with Crippen molar-refractivity contribution >= 4 is 26.6 Å². The number of primary sulfonamides is 1. The van der Waals surface area contributed by atoms with Gasteiger partial charge in [0.1, 0.15) is 11.6 Å². The van der Waals surface area contributed by atoms with Crippen LogP contribution in [0.4, 0.5) is 4.39 Å². The van der Waals surface area contributed by atoms with E-state index in [0.29, 0.717) is 22.1 Å². The van der Waals surface area contributed by atoms with Gasteiger partial charge in [0.05, 0.1) is 17.6 Å². The van der Waals surface area contributed by atoms with Crippen LogP contribution in [-0.4, -0.2) is 21.3 Å². The third kappa shape index (κ3) is 3.24. The Morgan fingerprint density at radius 2 is 1.72 bits per heavy atom. The maximum atomic E-state index is 13.1. The Balaban J connectivity index is 2.24. The standard InChI is InChI=1S/C18H14FNO4S/c1-24-16-9-4-12-10-14(25(20,22)23)7-8-15(12)17(16)18(21)11-2-5-13(19)6-3-11/h2-10H,1H3,(H2,20,22,23). The zero-order chi connectivity index (χ0) is 18.2. The number of nitrogens with two attached hydrogens (primary N) is 1. The van der Waals surface area contributed by atoms with E-state index in [1.54, 1.807) is 12.1 Å². The fraction of sp³-hybridized carbons (Fsp3) is 0.0556. The highest BCUT2D eigenvalue weighted by Gasteiger charge is 2.19. The summed E-state index contributed by atoms with van der Waals surface area (Å²) in [6.07, 6.45) is 0. The molecule has 0 saturated carbocycles. The van der Waals surface area contributed by atoms with Crippen LogP contribution in [0.2, 0.25) is 0 Å². The van der Waals surface area contributed by atoms with E-state index in [4.69, 9.17) is 9.88 Å². The van der Waals surface area contributed by atoms with E-state index in [-0.39, 0.29) is 16.2 Å². The number of sulfonamides is 1. The topological polar surface area (TPSA) is 86.5 Å². The molecule has 128 valence electrons. The van der Waals surface area contributed by atoms with Gasteiger partial charge in [-0.05, 0) is 53.2 Å². The zero-order valence-corrected chi connectivity index (χ0v) is 14.0. The smallest absolute Gasteiger partial charge is 0.238 e. The average molecular weight is 359 g/mol. The number of carbonyl (C=O) groups is 1. The molecule has 0 aliphatic heterocycles. The van der Waals surface area contributed by atoms with Gasteiger partial charge in [-0.25, -0.2) is 17.9 Å². The minimum Gasteiger partial charge on any atom is -0.496 e. The summed E-state index contributed by atoms with van der Waals surface area (Å²) < 4.78 is 41.4. The molecule has 0 bridgehead atoms. The van der Waals surface area contributed by atoms with E-state index in [2.05, 4.69) is 0 Å². The zero-order valence-electron chi connectivity index (χ0n) is 13.2. The van der Waals surface area contributed by atoms with Gasteiger partial charge in [-0.15, -0.1) is 0 Å². The second kappa shape index (κ2) is 6.27. The minimum absolute atomic E-state index is 0.0506. The van der Waals surface area contributed by atoms with Crippen molar-refractivity contribution in [2.45, 2.75) is 4.90 Å². The van der Waals surface area contributed by atoms with Crippen molar-refractivity contribution in [3.05, 3.63) is 71.5 Å². The number of rotatable bonds is 4. The van der Waals surface area contributed by atoms with Crippen molar-refractivity contribution < 1.29 is 22.3 Å². The van der Waals surface area contributed by atoms with E-state index in [0.717, 1.165) is 0 Å². The molecule has 0 atom stereocenters. The van der Waals surface area contributed by atoms with Crippen molar-refractivity contribution in [3.63, 3.8) is 0 Å². The molecule has 0 aliphatic rings. The van der Waals surface area contributed by atoms with Gasteiger partial charge in [-0.3, -0.25) is 4.79 Å². The lowest BCUT2D eigenvalue weighted by Crippen LogP contribution is -2.12. The van der Waals surface area contributed by atoms with E-state index in [1.807, 2.05) is 0 Å². The second-order valence-electron chi connectivity index (χ2n) is 5.41. The molecule has 0 aromatic heterocycles. The lowest BCUT2D eigenvalue weighted by Gasteiger charge is -2.12. The van der Waals surface area contributed by atoms with Gasteiger partial charge in [0.2, 0.25) is 10.0 Å². The van der Waals surface area contributed by atoms with Gasteiger partial charge in [0, 0.05) is 5.56 Å². The first kappa shape index (κ1) is 17.1. The first-order valence-electron chi connectivity index (χ1n) is 7.25. The van der Waals surface area contributed by atoms with Crippen molar-refractivity contribution in [2.75, 3.05) is 7.11 Å². The molecule has 5 nitrogen and oxygen atoms in total. The fourth-order valence-electron chi connectivity index (χ4n) is 2.61. The average Bonchev–Trinajstić information content (AvgIpc) is 2.59. The number of fused-ring (bicyclic) bond motifs is 1. The number of carbonyl (C=O) groups excluding carboxylic acids is 1. The van der Waals surface area contributed by atoms with Gasteiger partial charge >= 0.3 is 0 Å². The summed E-state index contributed by atoms with van der Waals surface area (Å²) in [5.41, 5.74) is 0.565. The van der Waals surface area contributed by atoms with Crippen molar-refractivity contribution in [3.8, 4) is 5.75 Å². The van der Waals surface area contributed by atoms with E-state index in [9.17, 15) is 17.6 Å². The number of benzene rings is 3. The molecule has 7 heteroatoms. The molecule has 0 spiro atoms. The van der Waals surface area contributed by atoms with Gasteiger partial charge in [0.25, 0.3) is 0 Å². The summed E-state index contributed by atoms with van der Waals surface area (Å²) in [5.74, 6) is -0.463. The van der Waals surface area contributed by atoms with Crippen LogP contribution in [0.3, 0.4) is 0 Å². The van der Waals surface area contributed by atoms with E-state index < -0.39 is 15.8 Å². The van der Waals surface area contributed by atoms with Gasteiger partial charge in [0.15, 0.2) is 5.78 Å². The number of hydrogen-bond acceptors (Lipinski definition) is 4. The number of ether oxygens (including phenoxy) is 1. The Hall–Kier alpha value is -2.77. The van der Waals surface area contributed by atoms with Crippen molar-refractivity contribution in [2.24, 2.45) is 5.14 Å². The predicted molar refractivity (Wildman–Crippen MR) is 91.7 cm³/mol. The molecule has 3 aromatic rings. The maximum absolute atomic E-state index is 13.1. The fourth-order valence-corrected chi connectivity index (χ4v) is 3.16. The summed E-state index contributed by atoms with van der Waals surface area (Å²) in [7, 11) is -2.43. The number of halogens is 1. The second-order valence-corrected chi connectivity index (χ2v) is 6.97. The summed E-state index contributed by atoms with van der Waals surface area (Å²) in [4.78, 5) is 12.8. The Bertz CT molecular complexity index is 1080. The van der Waals surface area contributed by atoms with Crippen LogP contribution in [0.5, 0.6) is 5.75 Å². The molecule has 0 fully saturated rings. The maximum Gasteiger partial charge on any atom is 0.238 e. The molecule has 25 heavy (non-hydrogen) atoms. The molecule has 3 rings (SSSR count). The first-order chi connectivity index (χ1) is 11.8. The molecular formula is C18H14FNO4S. The van der Waals surface area contributed by atoms with Gasteiger partial charge < -0.3 is 4.74 Å². The first-order valence-corrected chi connectivity index (χ1v) is 8.80. The van der Waals surface area contributed by atoms with Gasteiger partial charge in [-0.1, -0.05) is 12.1 Å². The Morgan fingerprint density at radius 1 is 1.04 bits per heavy atom. The Kier molecular flexibility index (Phi) is 4.28. The molecule has 0 unspecified atom stereocenters. The molecule has 2 N–H and O–H groups in total. The molecular weight excluding hydrogens is 345 g/mol. The van der Waals surface area contributed by atoms with E-state index in [1.165, 1.54) is 49.6 Å². The summed E-state index contributed by atoms with van der Waals surface area (Å²) in [6, 6.07) is 12.6. The van der Waals surface area contributed by atoms with Gasteiger partial charge in [-0.2, -0.15) is 0 Å². The Morgan fingerprint density at radius 3 is 2.32 bits per heavy atom. The highest BCUT2D eigenvalue weighted by Crippen LogP contribution is 2.31. The molecule has 0 heterocycles. The molecule has 3 aromatic carbocycles. The lowest BCUT2D eigenvalue weighted by atomic mass is 9.96. The predicted octanol–water partition coefficient (Wildman–Crippen LogP) is 2.87. The molecule has 0 radical (unpaired) electrons. The Labute approximate surface area is 143 Å². The van der Waals surface area contributed by atoms with Crippen LogP contribution in [0.25, 0.3) is 10.8 Å². The lowest BCUT2D eigenvalue weighted by molar-refractivity contribution is 0.103. The molecule has 0 saturated heterocycles. The minimum atomic E-state index is -3.86. The van der Waals surface area contributed by atoms with Crippen LogP contribution < -0.4 is 9.88 Å². The van der Waals surface area contributed by atoms with Crippen LogP contribution >= 0.6 is 0 Å². The quantitative estimate of drug-likeness (QED) is 0.726. The normalized spacial score (nSPS) is 11.5. The summed E-state index contributed by atoms with van der Waals surface area (Å²) in [6.45, 7) is 0. The highest BCUT2D eigenvalue weighted by molar-refractivity contribution is 7.89. The highest BCUT2D eigenvalue weighted by atomic mass is 32.2. The van der Waals surface area contributed by atoms with Crippen LogP contribution in [0.15, 0.2) is 59.5 Å². The van der Waals surface area contributed by atoms with Crippen LogP contribution in [-0.2, 0) is 10.0 Å². The van der Waals surface area contributed by atoms with Crippen LogP contribution in [0, 0.1) is 5.82 Å². The monoisotopic (exact) mass is 359 g/mol. The van der Waals surface area contributed by atoms with E-state index >= 15 is 0 Å².